The smallest absolute Gasteiger partial charge is 0.00727 e. The SMILES string of the molecule is CC(C)C(P)(C=CC1CCCCC1)C(C)C.CC(C)C(P)(C=CC1CCCCC1)C(C)C.[Pd]. The minimum absolute atomic E-state index is 0. The number of allylic oxidation sites excluding steroid dienone is 4. The molecule has 0 bridgehead atoms. The van der Waals surface area contributed by atoms with Gasteiger partial charge in [0.25, 0.3) is 0 Å². The van der Waals surface area contributed by atoms with E-state index < -0.39 is 0 Å². The summed E-state index contributed by atoms with van der Waals surface area (Å²) in [7, 11) is 6.20. The Balaban J connectivity index is 0.000000602. The van der Waals surface area contributed by atoms with E-state index in [1.165, 1.54) is 64.2 Å². The van der Waals surface area contributed by atoms with Crippen LogP contribution in [0.1, 0.15) is 120 Å². The first-order valence-electron chi connectivity index (χ1n) is 13.9. The van der Waals surface area contributed by atoms with Crippen LogP contribution in [0.5, 0.6) is 0 Å². The number of hydrogen-bond donors (Lipinski definition) is 0. The zero-order valence-corrected chi connectivity index (χ0v) is 27.2. The van der Waals surface area contributed by atoms with Gasteiger partial charge in [-0.15, -0.1) is 18.5 Å². The summed E-state index contributed by atoms with van der Waals surface area (Å²) in [5.41, 5.74) is 0. The molecular formula is C30H58P2Pd. The molecule has 0 spiro atoms. The maximum atomic E-state index is 3.10. The first-order chi connectivity index (χ1) is 14.9. The molecule has 198 valence electrons. The predicted octanol–water partition coefficient (Wildman–Crippen LogP) is 10.1. The summed E-state index contributed by atoms with van der Waals surface area (Å²) in [6.45, 7) is 18.7. The Kier molecular flexibility index (Phi) is 17.2. The molecule has 2 unspecified atom stereocenters. The molecular weight excluding hydrogens is 529 g/mol. The van der Waals surface area contributed by atoms with Crippen LogP contribution in [0.3, 0.4) is 0 Å². The van der Waals surface area contributed by atoms with Gasteiger partial charge in [0.15, 0.2) is 0 Å². The zero-order valence-electron chi connectivity index (χ0n) is 23.3. The molecule has 0 heterocycles. The van der Waals surface area contributed by atoms with Crippen molar-refractivity contribution in [2.45, 2.75) is 130 Å². The summed E-state index contributed by atoms with van der Waals surface area (Å²) in [4.78, 5) is 0. The van der Waals surface area contributed by atoms with Gasteiger partial charge in [0, 0.05) is 30.7 Å². The van der Waals surface area contributed by atoms with Crippen molar-refractivity contribution in [3.63, 3.8) is 0 Å². The van der Waals surface area contributed by atoms with Crippen molar-refractivity contribution in [3.05, 3.63) is 24.3 Å². The monoisotopic (exact) mass is 586 g/mol. The normalized spacial score (nSPS) is 19.6. The molecule has 2 aliphatic rings. The van der Waals surface area contributed by atoms with E-state index in [-0.39, 0.29) is 30.7 Å². The summed E-state index contributed by atoms with van der Waals surface area (Å²) < 4.78 is 0. The average Bonchev–Trinajstić information content (AvgIpc) is 2.77. The third kappa shape index (κ3) is 11.3. The van der Waals surface area contributed by atoms with Gasteiger partial charge in [-0.25, -0.2) is 0 Å². The molecule has 2 rings (SSSR count). The molecule has 0 aliphatic heterocycles. The summed E-state index contributed by atoms with van der Waals surface area (Å²) in [6.07, 6.45) is 24.3. The van der Waals surface area contributed by atoms with Gasteiger partial charge in [-0.05, 0) is 61.2 Å². The molecule has 3 heteroatoms. The van der Waals surface area contributed by atoms with Gasteiger partial charge in [0.1, 0.15) is 0 Å². The van der Waals surface area contributed by atoms with Crippen LogP contribution < -0.4 is 0 Å². The second-order valence-corrected chi connectivity index (χ2v) is 14.1. The second-order valence-electron chi connectivity index (χ2n) is 12.1. The Morgan fingerprint density at radius 2 is 0.758 bits per heavy atom. The standard InChI is InChI=1S/2C15H29P.Pd/c2*1-12(2)15(16,13(3)4)11-10-14-8-6-5-7-9-14;/h2*10-14H,5-9,16H2,1-4H3;. The van der Waals surface area contributed by atoms with E-state index in [0.29, 0.717) is 23.7 Å². The molecule has 0 amide bonds. The van der Waals surface area contributed by atoms with Crippen LogP contribution in [0.15, 0.2) is 24.3 Å². The van der Waals surface area contributed by atoms with Crippen molar-refractivity contribution in [3.8, 4) is 0 Å². The van der Waals surface area contributed by atoms with Gasteiger partial charge in [0.2, 0.25) is 0 Å². The molecule has 0 nitrogen and oxygen atoms in total. The van der Waals surface area contributed by atoms with E-state index in [9.17, 15) is 0 Å². The summed E-state index contributed by atoms with van der Waals surface area (Å²) in [5.74, 6) is 4.47. The molecule has 0 radical (unpaired) electrons. The van der Waals surface area contributed by atoms with Gasteiger partial charge in [-0.2, -0.15) is 0 Å². The van der Waals surface area contributed by atoms with Crippen LogP contribution in [-0.2, 0) is 20.4 Å². The fraction of sp³-hybridized carbons (Fsp3) is 0.867. The number of hydrogen-bond acceptors (Lipinski definition) is 0. The molecule has 0 aromatic heterocycles. The van der Waals surface area contributed by atoms with Crippen molar-refractivity contribution in [2.75, 3.05) is 0 Å². The third-order valence-electron chi connectivity index (χ3n) is 8.61. The Morgan fingerprint density at radius 1 is 0.515 bits per heavy atom. The molecule has 2 saturated carbocycles. The Bertz CT molecular complexity index is 484. The zero-order chi connectivity index (χ0) is 24.4. The summed E-state index contributed by atoms with van der Waals surface area (Å²) in [5, 5.41) is 0.578. The Hall–Kier alpha value is 1.00. The van der Waals surface area contributed by atoms with E-state index in [4.69, 9.17) is 0 Å². The topological polar surface area (TPSA) is 0 Å². The van der Waals surface area contributed by atoms with Crippen molar-refractivity contribution in [2.24, 2.45) is 35.5 Å². The van der Waals surface area contributed by atoms with E-state index >= 15 is 0 Å². The quantitative estimate of drug-likeness (QED) is 0.151. The average molecular weight is 587 g/mol. The summed E-state index contributed by atoms with van der Waals surface area (Å²) in [6, 6.07) is 0. The van der Waals surface area contributed by atoms with E-state index in [0.717, 1.165) is 11.8 Å². The number of rotatable bonds is 8. The van der Waals surface area contributed by atoms with E-state index in [2.05, 4.69) is 98.2 Å². The fourth-order valence-electron chi connectivity index (χ4n) is 5.36. The van der Waals surface area contributed by atoms with Gasteiger partial charge in [-0.3, -0.25) is 0 Å². The van der Waals surface area contributed by atoms with E-state index in [1.807, 2.05) is 0 Å². The second kappa shape index (κ2) is 16.7. The minimum atomic E-state index is 0. The van der Waals surface area contributed by atoms with Gasteiger partial charge in [0.05, 0.1) is 0 Å². The molecule has 0 aromatic carbocycles. The first-order valence-corrected chi connectivity index (χ1v) is 15.0. The predicted molar refractivity (Wildman–Crippen MR) is 156 cm³/mol. The fourth-order valence-corrected chi connectivity index (χ4v) is 5.58. The molecule has 2 fully saturated rings. The molecule has 0 N–H and O–H groups in total. The van der Waals surface area contributed by atoms with Crippen molar-refractivity contribution in [1.29, 1.82) is 0 Å². The minimum Gasteiger partial charge on any atom is -0.126 e. The third-order valence-corrected chi connectivity index (χ3v) is 11.7. The molecule has 0 aromatic rings. The van der Waals surface area contributed by atoms with Crippen molar-refractivity contribution >= 4 is 18.5 Å². The Labute approximate surface area is 227 Å². The first kappa shape index (κ1) is 34.0. The van der Waals surface area contributed by atoms with Crippen LogP contribution in [0, 0.1) is 35.5 Å². The van der Waals surface area contributed by atoms with Crippen LogP contribution in [0.2, 0.25) is 0 Å². The molecule has 0 saturated heterocycles. The maximum absolute atomic E-state index is 3.10. The maximum Gasteiger partial charge on any atom is 0.00727 e. The van der Waals surface area contributed by atoms with Crippen LogP contribution in [0.4, 0.5) is 0 Å². The van der Waals surface area contributed by atoms with Crippen molar-refractivity contribution in [1.82, 2.24) is 0 Å². The van der Waals surface area contributed by atoms with Crippen LogP contribution in [0.25, 0.3) is 0 Å². The van der Waals surface area contributed by atoms with Crippen molar-refractivity contribution < 1.29 is 20.4 Å². The van der Waals surface area contributed by atoms with E-state index in [1.54, 1.807) is 0 Å². The largest absolute Gasteiger partial charge is 0.126 e. The molecule has 33 heavy (non-hydrogen) atoms. The van der Waals surface area contributed by atoms with Crippen LogP contribution >= 0.6 is 18.5 Å². The van der Waals surface area contributed by atoms with Gasteiger partial charge in [-0.1, -0.05) is 118 Å². The van der Waals surface area contributed by atoms with Gasteiger partial charge >= 0.3 is 0 Å². The molecule has 2 atom stereocenters. The Morgan fingerprint density at radius 3 is 0.970 bits per heavy atom. The molecule has 2 aliphatic carbocycles. The van der Waals surface area contributed by atoms with Crippen LogP contribution in [-0.4, -0.2) is 10.3 Å². The van der Waals surface area contributed by atoms with Gasteiger partial charge < -0.3 is 0 Å². The summed E-state index contributed by atoms with van der Waals surface area (Å²) >= 11 is 0.